The van der Waals surface area contributed by atoms with Crippen LogP contribution < -0.4 is 19.8 Å². The van der Waals surface area contributed by atoms with E-state index in [1.807, 2.05) is 0 Å². The van der Waals surface area contributed by atoms with E-state index in [1.165, 1.54) is 13.2 Å². The van der Waals surface area contributed by atoms with Crippen LogP contribution in [0.2, 0.25) is 0 Å². The van der Waals surface area contributed by atoms with E-state index in [4.69, 9.17) is 9.47 Å². The molecule has 2 N–H and O–H groups in total. The summed E-state index contributed by atoms with van der Waals surface area (Å²) >= 11 is 1.14. The van der Waals surface area contributed by atoms with Crippen molar-refractivity contribution in [3.8, 4) is 11.5 Å². The number of aromatic nitrogens is 1. The molecule has 0 radical (unpaired) electrons. The number of thiophene rings is 1. The van der Waals surface area contributed by atoms with Gasteiger partial charge in [0.05, 0.1) is 19.7 Å². The van der Waals surface area contributed by atoms with Gasteiger partial charge in [-0.15, -0.1) is 11.3 Å². The van der Waals surface area contributed by atoms with Gasteiger partial charge >= 0.3 is 0 Å². The number of pyridine rings is 1. The van der Waals surface area contributed by atoms with Crippen molar-refractivity contribution in [1.29, 1.82) is 0 Å². The Balaban J connectivity index is 1.84. The molecule has 2 aromatic heterocycles. The maximum Gasteiger partial charge on any atom is 0.251 e. The van der Waals surface area contributed by atoms with Gasteiger partial charge in [-0.25, -0.2) is 13.1 Å². The van der Waals surface area contributed by atoms with Gasteiger partial charge in [-0.05, 0) is 30.0 Å². The summed E-state index contributed by atoms with van der Waals surface area (Å²) in [5, 5.41) is 2.44. The van der Waals surface area contributed by atoms with Crippen LogP contribution in [0.5, 0.6) is 11.5 Å². The predicted octanol–water partition coefficient (Wildman–Crippen LogP) is 2.13. The van der Waals surface area contributed by atoms with E-state index < -0.39 is 10.0 Å². The fourth-order valence-corrected chi connectivity index (χ4v) is 4.65. The monoisotopic (exact) mass is 394 g/mol. The van der Waals surface area contributed by atoms with Crippen molar-refractivity contribution in [2.45, 2.75) is 10.6 Å². The number of H-pyrrole nitrogens is 1. The first kappa shape index (κ1) is 18.4. The van der Waals surface area contributed by atoms with Crippen LogP contribution in [-0.4, -0.2) is 34.2 Å². The van der Waals surface area contributed by atoms with Gasteiger partial charge in [0.1, 0.15) is 15.7 Å². The number of hydrogen-bond acceptors (Lipinski definition) is 6. The largest absolute Gasteiger partial charge is 0.497 e. The number of benzene rings is 1. The molecule has 0 saturated heterocycles. The van der Waals surface area contributed by atoms with Crippen LogP contribution in [0.15, 0.2) is 44.7 Å². The van der Waals surface area contributed by atoms with Crippen molar-refractivity contribution in [2.75, 3.05) is 20.8 Å². The SMILES string of the molecule is COc1cc(OC)c2[nH]c(=O)c(CCNS(=O)(=O)c3cccs3)cc2c1. The fraction of sp³-hybridized carbons (Fsp3) is 0.235. The van der Waals surface area contributed by atoms with Crippen LogP contribution in [0, 0.1) is 0 Å². The highest BCUT2D eigenvalue weighted by molar-refractivity contribution is 7.91. The van der Waals surface area contributed by atoms with Crippen LogP contribution >= 0.6 is 11.3 Å². The van der Waals surface area contributed by atoms with Crippen LogP contribution in [-0.2, 0) is 16.4 Å². The van der Waals surface area contributed by atoms with E-state index in [-0.39, 0.29) is 22.7 Å². The standard InChI is InChI=1S/C17H18N2O5S2/c1-23-13-9-12-8-11(17(20)19-16(12)14(10-13)24-2)5-6-18-26(21,22)15-4-3-7-25-15/h3-4,7-10,18H,5-6H2,1-2H3,(H,19,20). The lowest BCUT2D eigenvalue weighted by atomic mass is 10.1. The second-order valence-electron chi connectivity index (χ2n) is 5.50. The maximum absolute atomic E-state index is 12.3. The highest BCUT2D eigenvalue weighted by Crippen LogP contribution is 2.29. The molecule has 2 heterocycles. The molecule has 0 unspecified atom stereocenters. The topological polar surface area (TPSA) is 97.5 Å². The zero-order valence-corrected chi connectivity index (χ0v) is 15.9. The first-order valence-electron chi connectivity index (χ1n) is 7.75. The Labute approximate surface area is 154 Å². The van der Waals surface area contributed by atoms with Crippen LogP contribution in [0.3, 0.4) is 0 Å². The predicted molar refractivity (Wildman–Crippen MR) is 101 cm³/mol. The number of sulfonamides is 1. The summed E-state index contributed by atoms with van der Waals surface area (Å²) in [5.74, 6) is 1.10. The van der Waals surface area contributed by atoms with Crippen molar-refractivity contribution in [3.63, 3.8) is 0 Å². The van der Waals surface area contributed by atoms with E-state index in [0.29, 0.717) is 22.6 Å². The van der Waals surface area contributed by atoms with Crippen LogP contribution in [0.1, 0.15) is 5.56 Å². The molecule has 3 rings (SSSR count). The quantitative estimate of drug-likeness (QED) is 0.640. The first-order valence-corrected chi connectivity index (χ1v) is 10.1. The number of rotatable bonds is 7. The lowest BCUT2D eigenvalue weighted by Gasteiger charge is -2.10. The van der Waals surface area contributed by atoms with Gasteiger partial charge in [0, 0.05) is 23.6 Å². The van der Waals surface area contributed by atoms with Crippen molar-refractivity contribution in [2.24, 2.45) is 0 Å². The molecule has 0 spiro atoms. The first-order chi connectivity index (χ1) is 12.4. The van der Waals surface area contributed by atoms with E-state index >= 15 is 0 Å². The summed E-state index contributed by atoms with van der Waals surface area (Å²) in [6.07, 6.45) is 0.259. The molecule has 7 nitrogen and oxygen atoms in total. The van der Waals surface area contributed by atoms with Gasteiger partial charge in [0.2, 0.25) is 10.0 Å². The third kappa shape index (κ3) is 3.74. The Morgan fingerprint density at radius 1 is 1.19 bits per heavy atom. The molecule has 0 amide bonds. The molecule has 3 aromatic rings. The normalized spacial score (nSPS) is 11.6. The Bertz CT molecular complexity index is 1070. The van der Waals surface area contributed by atoms with Crippen molar-refractivity contribution in [3.05, 3.63) is 51.6 Å². The molecule has 0 aliphatic rings. The van der Waals surface area contributed by atoms with Gasteiger partial charge in [-0.1, -0.05) is 6.07 Å². The van der Waals surface area contributed by atoms with E-state index in [1.54, 1.807) is 36.8 Å². The highest BCUT2D eigenvalue weighted by atomic mass is 32.2. The van der Waals surface area contributed by atoms with Gasteiger partial charge in [0.15, 0.2) is 0 Å². The van der Waals surface area contributed by atoms with Gasteiger partial charge in [-0.2, -0.15) is 0 Å². The van der Waals surface area contributed by atoms with Crippen LogP contribution in [0.25, 0.3) is 10.9 Å². The minimum Gasteiger partial charge on any atom is -0.497 e. The molecule has 138 valence electrons. The van der Waals surface area contributed by atoms with Gasteiger partial charge < -0.3 is 14.5 Å². The highest BCUT2D eigenvalue weighted by Gasteiger charge is 2.15. The molecule has 0 bridgehead atoms. The average Bonchev–Trinajstić information content (AvgIpc) is 3.17. The molecule has 0 aliphatic heterocycles. The minimum absolute atomic E-state index is 0.121. The lowest BCUT2D eigenvalue weighted by Crippen LogP contribution is -2.27. The molecule has 0 saturated carbocycles. The third-order valence-electron chi connectivity index (χ3n) is 3.87. The molecule has 0 aliphatic carbocycles. The Hall–Kier alpha value is -2.36. The molecular weight excluding hydrogens is 376 g/mol. The van der Waals surface area contributed by atoms with Crippen molar-refractivity contribution < 1.29 is 17.9 Å². The zero-order valence-electron chi connectivity index (χ0n) is 14.2. The molecule has 26 heavy (non-hydrogen) atoms. The number of ether oxygens (including phenoxy) is 2. The Morgan fingerprint density at radius 3 is 2.65 bits per heavy atom. The average molecular weight is 394 g/mol. The number of aromatic amines is 1. The van der Waals surface area contributed by atoms with E-state index in [2.05, 4.69) is 9.71 Å². The summed E-state index contributed by atoms with van der Waals surface area (Å²) in [4.78, 5) is 15.1. The second-order valence-corrected chi connectivity index (χ2v) is 8.44. The van der Waals surface area contributed by atoms with E-state index in [0.717, 1.165) is 16.7 Å². The Kier molecular flexibility index (Phi) is 5.30. The fourth-order valence-electron chi connectivity index (χ4n) is 2.58. The number of hydrogen-bond donors (Lipinski definition) is 2. The van der Waals surface area contributed by atoms with Crippen molar-refractivity contribution >= 4 is 32.3 Å². The Morgan fingerprint density at radius 2 is 2.00 bits per heavy atom. The number of fused-ring (bicyclic) bond motifs is 1. The summed E-state index contributed by atoms with van der Waals surface area (Å²) in [5.41, 5.74) is 0.763. The maximum atomic E-state index is 12.3. The molecule has 9 heteroatoms. The summed E-state index contributed by atoms with van der Waals surface area (Å²) < 4.78 is 37.5. The number of methoxy groups -OCH3 is 2. The lowest BCUT2D eigenvalue weighted by molar-refractivity contribution is 0.397. The van der Waals surface area contributed by atoms with Crippen LogP contribution in [0.4, 0.5) is 0 Å². The van der Waals surface area contributed by atoms with Gasteiger partial charge in [-0.3, -0.25) is 4.79 Å². The van der Waals surface area contributed by atoms with Crippen molar-refractivity contribution in [1.82, 2.24) is 9.71 Å². The smallest absolute Gasteiger partial charge is 0.251 e. The molecular formula is C17H18N2O5S2. The third-order valence-corrected chi connectivity index (χ3v) is 6.73. The summed E-state index contributed by atoms with van der Waals surface area (Å²) in [7, 11) is -0.486. The van der Waals surface area contributed by atoms with Gasteiger partial charge in [0.25, 0.3) is 5.56 Å². The zero-order chi connectivity index (χ0) is 18.7. The number of nitrogens with one attached hydrogen (secondary N) is 2. The second kappa shape index (κ2) is 7.48. The molecule has 0 atom stereocenters. The summed E-state index contributed by atoms with van der Waals surface area (Å²) in [6.45, 7) is 0.121. The molecule has 1 aromatic carbocycles. The molecule has 0 fully saturated rings. The summed E-state index contributed by atoms with van der Waals surface area (Å²) in [6, 6.07) is 8.40. The van der Waals surface area contributed by atoms with E-state index in [9.17, 15) is 13.2 Å². The minimum atomic E-state index is -3.55.